The molecular formula is C15H18N4O3S. The van der Waals surface area contributed by atoms with Crippen molar-refractivity contribution < 1.29 is 13.2 Å². The molecule has 122 valence electrons. The number of ether oxygens (including phenoxy) is 1. The Balaban J connectivity index is 2.46. The molecule has 0 saturated carbocycles. The summed E-state index contributed by atoms with van der Waals surface area (Å²) < 4.78 is 33.5. The lowest BCUT2D eigenvalue weighted by Crippen LogP contribution is -2.26. The van der Waals surface area contributed by atoms with Crippen LogP contribution in [-0.4, -0.2) is 37.2 Å². The second-order valence-corrected chi connectivity index (χ2v) is 6.88. The van der Waals surface area contributed by atoms with Gasteiger partial charge in [0.15, 0.2) is 5.69 Å². The Kier molecular flexibility index (Phi) is 5.03. The summed E-state index contributed by atoms with van der Waals surface area (Å²) in [7, 11) is -2.19. The number of nitrogens with one attached hydrogen (secondary N) is 1. The van der Waals surface area contributed by atoms with Crippen molar-refractivity contribution in [1.29, 1.82) is 5.26 Å². The molecule has 0 fully saturated rings. The van der Waals surface area contributed by atoms with E-state index in [2.05, 4.69) is 9.82 Å². The third-order valence-electron chi connectivity index (χ3n) is 3.34. The van der Waals surface area contributed by atoms with Crippen molar-refractivity contribution in [2.24, 2.45) is 0 Å². The Bertz CT molecular complexity index is 822. The van der Waals surface area contributed by atoms with Gasteiger partial charge in [0.1, 0.15) is 11.9 Å². The maximum atomic E-state index is 12.3. The van der Waals surface area contributed by atoms with Gasteiger partial charge in [0, 0.05) is 12.7 Å². The summed E-state index contributed by atoms with van der Waals surface area (Å²) in [5.41, 5.74) is 1.31. The smallest absolute Gasteiger partial charge is 0.236 e. The molecule has 1 N–H and O–H groups in total. The largest absolute Gasteiger partial charge is 0.381 e. The molecule has 1 heterocycles. The fraction of sp³-hybridized carbons (Fsp3) is 0.333. The molecule has 2 aromatic rings. The average molecular weight is 334 g/mol. The van der Waals surface area contributed by atoms with Crippen LogP contribution in [-0.2, 0) is 14.8 Å². The minimum atomic E-state index is -3.64. The number of anilines is 1. The molecule has 0 aliphatic rings. The first kappa shape index (κ1) is 17.0. The number of sulfonamides is 1. The van der Waals surface area contributed by atoms with Crippen molar-refractivity contribution in [3.05, 3.63) is 41.6 Å². The van der Waals surface area contributed by atoms with E-state index in [0.717, 1.165) is 0 Å². The predicted molar refractivity (Wildman–Crippen MR) is 86.9 cm³/mol. The molecule has 0 radical (unpaired) electrons. The number of para-hydroxylation sites is 1. The summed E-state index contributed by atoms with van der Waals surface area (Å²) in [5.74, 6) is 0.0705. The minimum Gasteiger partial charge on any atom is -0.381 e. The third-order valence-corrected chi connectivity index (χ3v) is 4.75. The van der Waals surface area contributed by atoms with Crippen LogP contribution in [0.4, 0.5) is 5.82 Å². The number of methoxy groups -OCH3 is 1. The summed E-state index contributed by atoms with van der Waals surface area (Å²) in [6.07, 6.45) is -0.448. The SMILES string of the molecule is COC(C)CS(=O)(=O)Nc1c(C)c(C#N)nn1-c1ccccc1. The number of nitrogens with zero attached hydrogens (tertiary/aromatic N) is 3. The third kappa shape index (κ3) is 3.88. The summed E-state index contributed by atoms with van der Waals surface area (Å²) in [4.78, 5) is 0. The molecule has 0 aliphatic heterocycles. The number of nitriles is 1. The van der Waals surface area contributed by atoms with E-state index in [1.54, 1.807) is 26.0 Å². The topological polar surface area (TPSA) is 97.0 Å². The van der Waals surface area contributed by atoms with Crippen molar-refractivity contribution in [1.82, 2.24) is 9.78 Å². The molecule has 0 spiro atoms. The van der Waals surface area contributed by atoms with Gasteiger partial charge < -0.3 is 4.74 Å². The molecule has 23 heavy (non-hydrogen) atoms. The Morgan fingerprint density at radius 3 is 2.61 bits per heavy atom. The lowest BCUT2D eigenvalue weighted by atomic mass is 10.3. The quantitative estimate of drug-likeness (QED) is 0.869. The molecule has 1 aromatic carbocycles. The van der Waals surface area contributed by atoms with Crippen molar-refractivity contribution in [2.75, 3.05) is 17.6 Å². The van der Waals surface area contributed by atoms with E-state index in [0.29, 0.717) is 11.3 Å². The monoisotopic (exact) mass is 334 g/mol. The highest BCUT2D eigenvalue weighted by Gasteiger charge is 2.22. The first-order valence-corrected chi connectivity index (χ1v) is 8.61. The average Bonchev–Trinajstić information content (AvgIpc) is 2.83. The zero-order valence-corrected chi connectivity index (χ0v) is 14.0. The van der Waals surface area contributed by atoms with Crippen LogP contribution < -0.4 is 4.72 Å². The van der Waals surface area contributed by atoms with Gasteiger partial charge in [-0.05, 0) is 26.0 Å². The summed E-state index contributed by atoms with van der Waals surface area (Å²) in [6.45, 7) is 3.32. The lowest BCUT2D eigenvalue weighted by Gasteiger charge is -2.14. The maximum Gasteiger partial charge on any atom is 0.236 e. The van der Waals surface area contributed by atoms with Gasteiger partial charge >= 0.3 is 0 Å². The normalized spacial score (nSPS) is 12.6. The molecule has 7 nitrogen and oxygen atoms in total. The summed E-state index contributed by atoms with van der Waals surface area (Å²) >= 11 is 0. The zero-order chi connectivity index (χ0) is 17.0. The molecule has 1 unspecified atom stereocenters. The second-order valence-electron chi connectivity index (χ2n) is 5.11. The molecule has 8 heteroatoms. The van der Waals surface area contributed by atoms with Crippen molar-refractivity contribution in [2.45, 2.75) is 20.0 Å². The van der Waals surface area contributed by atoms with Gasteiger partial charge in [-0.15, -0.1) is 0 Å². The van der Waals surface area contributed by atoms with Crippen LogP contribution in [0.3, 0.4) is 0 Å². The van der Waals surface area contributed by atoms with Gasteiger partial charge in [0.25, 0.3) is 0 Å². The summed E-state index contributed by atoms with van der Waals surface area (Å²) in [5, 5.41) is 13.3. The number of benzene rings is 1. The van der Waals surface area contributed by atoms with Crippen LogP contribution in [0.1, 0.15) is 18.2 Å². The van der Waals surface area contributed by atoms with Gasteiger partial charge in [-0.1, -0.05) is 18.2 Å². The van der Waals surface area contributed by atoms with Crippen LogP contribution in [0.15, 0.2) is 30.3 Å². The molecule has 0 saturated heterocycles. The van der Waals surface area contributed by atoms with Crippen molar-refractivity contribution in [3.8, 4) is 11.8 Å². The fourth-order valence-corrected chi connectivity index (χ4v) is 3.42. The lowest BCUT2D eigenvalue weighted by molar-refractivity contribution is 0.136. The zero-order valence-electron chi connectivity index (χ0n) is 13.1. The first-order chi connectivity index (χ1) is 10.9. The highest BCUT2D eigenvalue weighted by molar-refractivity contribution is 7.92. The standard InChI is InChI=1S/C15H18N4O3S/c1-11(22-3)10-23(20,21)18-15-12(2)14(9-16)17-19(15)13-7-5-4-6-8-13/h4-8,11,18H,10H2,1-3H3. The van der Waals surface area contributed by atoms with Gasteiger partial charge in [0.05, 0.1) is 17.5 Å². The number of rotatable bonds is 6. The van der Waals surface area contributed by atoms with Crippen LogP contribution >= 0.6 is 0 Å². The highest BCUT2D eigenvalue weighted by atomic mass is 32.2. The van der Waals surface area contributed by atoms with Crippen molar-refractivity contribution >= 4 is 15.8 Å². The molecule has 0 bridgehead atoms. The van der Waals surface area contributed by atoms with Gasteiger partial charge in [0.2, 0.25) is 10.0 Å². The van der Waals surface area contributed by atoms with Crippen LogP contribution in [0.25, 0.3) is 5.69 Å². The van der Waals surface area contributed by atoms with Gasteiger partial charge in [-0.2, -0.15) is 10.4 Å². The van der Waals surface area contributed by atoms with E-state index in [9.17, 15) is 8.42 Å². The molecule has 0 amide bonds. The number of aromatic nitrogens is 2. The Labute approximate surface area is 135 Å². The highest BCUT2D eigenvalue weighted by Crippen LogP contribution is 2.24. The number of hydrogen-bond acceptors (Lipinski definition) is 5. The second kappa shape index (κ2) is 6.81. The first-order valence-electron chi connectivity index (χ1n) is 6.96. The number of hydrogen-bond donors (Lipinski definition) is 1. The van der Waals surface area contributed by atoms with E-state index in [1.165, 1.54) is 11.8 Å². The van der Waals surface area contributed by atoms with Crippen LogP contribution in [0, 0.1) is 18.3 Å². The van der Waals surface area contributed by atoms with E-state index in [1.807, 2.05) is 24.3 Å². The molecule has 0 aliphatic carbocycles. The van der Waals surface area contributed by atoms with E-state index in [4.69, 9.17) is 10.00 Å². The maximum absolute atomic E-state index is 12.3. The van der Waals surface area contributed by atoms with Crippen LogP contribution in [0.2, 0.25) is 0 Å². The van der Waals surface area contributed by atoms with E-state index < -0.39 is 16.1 Å². The Morgan fingerprint density at radius 2 is 2.04 bits per heavy atom. The Morgan fingerprint density at radius 1 is 1.39 bits per heavy atom. The Hall–Kier alpha value is -2.37. The van der Waals surface area contributed by atoms with Gasteiger partial charge in [-0.25, -0.2) is 13.1 Å². The molecule has 1 atom stereocenters. The molecule has 1 aromatic heterocycles. The van der Waals surface area contributed by atoms with Crippen molar-refractivity contribution in [3.63, 3.8) is 0 Å². The van der Waals surface area contributed by atoms with E-state index >= 15 is 0 Å². The minimum absolute atomic E-state index is 0.173. The summed E-state index contributed by atoms with van der Waals surface area (Å²) in [6, 6.07) is 11.0. The fourth-order valence-electron chi connectivity index (χ4n) is 2.04. The van der Waals surface area contributed by atoms with Gasteiger partial charge in [-0.3, -0.25) is 4.72 Å². The van der Waals surface area contributed by atoms with E-state index in [-0.39, 0.29) is 17.3 Å². The predicted octanol–water partition coefficient (Wildman–Crippen LogP) is 1.83. The molecule has 2 rings (SSSR count). The van der Waals surface area contributed by atoms with Crippen LogP contribution in [0.5, 0.6) is 0 Å². The molecular weight excluding hydrogens is 316 g/mol.